The minimum atomic E-state index is -1.74. The number of benzene rings is 2. The summed E-state index contributed by atoms with van der Waals surface area (Å²) < 4.78 is 40.6. The number of thiazole rings is 1. The summed E-state index contributed by atoms with van der Waals surface area (Å²) in [6.45, 7) is -1.48. The van der Waals surface area contributed by atoms with Crippen molar-refractivity contribution in [3.05, 3.63) is 82.1 Å². The molecule has 0 radical (unpaired) electrons. The summed E-state index contributed by atoms with van der Waals surface area (Å²) in [5, 5.41) is 7.10. The van der Waals surface area contributed by atoms with Crippen LogP contribution in [-0.2, 0) is 32.1 Å². The molecular formula is C25H20F3N5O5S. The number of nitrogens with one attached hydrogen (secondary N) is 2. The number of amides is 5. The van der Waals surface area contributed by atoms with Crippen LogP contribution in [0.5, 0.6) is 0 Å². The SMILES string of the molecule is O=C(CN1C(=O)CN(c2cc(F)c(F)c(F)c2)C1=O)N[C@H](Cc1ccccc1)C(=O)C(=O)NCc1nccs1. The first kappa shape index (κ1) is 27.4. The van der Waals surface area contributed by atoms with E-state index in [-0.39, 0.29) is 13.0 Å². The zero-order chi connectivity index (χ0) is 28.1. The van der Waals surface area contributed by atoms with Crippen LogP contribution < -0.4 is 15.5 Å². The van der Waals surface area contributed by atoms with Crippen LogP contribution in [0.3, 0.4) is 0 Å². The number of aromatic nitrogens is 1. The first-order valence-corrected chi connectivity index (χ1v) is 12.3. The minimum absolute atomic E-state index is 0.00539. The van der Waals surface area contributed by atoms with Crippen LogP contribution in [0.2, 0.25) is 0 Å². The molecule has 39 heavy (non-hydrogen) atoms. The normalized spacial score (nSPS) is 13.9. The largest absolute Gasteiger partial charge is 0.344 e. The number of imide groups is 1. The summed E-state index contributed by atoms with van der Waals surface area (Å²) >= 11 is 1.28. The van der Waals surface area contributed by atoms with Gasteiger partial charge in [0, 0.05) is 30.1 Å². The first-order chi connectivity index (χ1) is 18.6. The van der Waals surface area contributed by atoms with Crippen LogP contribution in [0.25, 0.3) is 0 Å². The van der Waals surface area contributed by atoms with Crippen molar-refractivity contribution in [1.29, 1.82) is 0 Å². The molecule has 4 rings (SSSR count). The summed E-state index contributed by atoms with van der Waals surface area (Å²) in [5.41, 5.74) is 0.213. The Morgan fingerprint density at radius 2 is 1.74 bits per heavy atom. The number of carbonyl (C=O) groups excluding carboxylic acids is 5. The molecule has 1 atom stereocenters. The van der Waals surface area contributed by atoms with Crippen LogP contribution in [0.4, 0.5) is 23.7 Å². The van der Waals surface area contributed by atoms with Gasteiger partial charge in [0.1, 0.15) is 24.1 Å². The first-order valence-electron chi connectivity index (χ1n) is 11.4. The molecule has 0 unspecified atom stereocenters. The molecule has 1 fully saturated rings. The molecule has 1 aromatic heterocycles. The highest BCUT2D eigenvalue weighted by molar-refractivity contribution is 7.09. The van der Waals surface area contributed by atoms with Gasteiger partial charge in [0.05, 0.1) is 12.2 Å². The molecule has 10 nitrogen and oxygen atoms in total. The second kappa shape index (κ2) is 11.9. The number of ketones is 1. The van der Waals surface area contributed by atoms with Crippen LogP contribution in [0, 0.1) is 17.5 Å². The quantitative estimate of drug-likeness (QED) is 0.222. The van der Waals surface area contributed by atoms with Crippen LogP contribution in [0.15, 0.2) is 54.0 Å². The van der Waals surface area contributed by atoms with Crippen LogP contribution in [0.1, 0.15) is 10.6 Å². The van der Waals surface area contributed by atoms with Crippen molar-refractivity contribution in [2.24, 2.45) is 0 Å². The van der Waals surface area contributed by atoms with Gasteiger partial charge in [-0.3, -0.25) is 29.0 Å². The van der Waals surface area contributed by atoms with Crippen molar-refractivity contribution in [3.63, 3.8) is 0 Å². The Hall–Kier alpha value is -4.59. The molecule has 0 bridgehead atoms. The third-order valence-electron chi connectivity index (χ3n) is 5.68. The Kier molecular flexibility index (Phi) is 8.34. The number of nitrogens with zero attached hydrogens (tertiary/aromatic N) is 3. The molecule has 0 spiro atoms. The molecule has 1 aliphatic rings. The van der Waals surface area contributed by atoms with Gasteiger partial charge in [-0.25, -0.2) is 22.9 Å². The molecule has 202 valence electrons. The standard InChI is InChI=1S/C25H20F3N5O5S/c26-16-9-15(10-17(27)22(16)28)32-13-21(35)33(25(32)38)12-19(34)31-18(8-14-4-2-1-3-5-14)23(36)24(37)30-11-20-29-6-7-39-20/h1-7,9-10,18H,8,11-13H2,(H,30,37)(H,31,34)/t18-/m1/s1. The lowest BCUT2D eigenvalue weighted by atomic mass is 10.0. The fourth-order valence-corrected chi connectivity index (χ4v) is 4.34. The third kappa shape index (κ3) is 6.46. The van der Waals surface area contributed by atoms with Gasteiger partial charge >= 0.3 is 6.03 Å². The smallest absolute Gasteiger partial charge is 0.332 e. The molecule has 5 amide bonds. The van der Waals surface area contributed by atoms with Gasteiger partial charge in [0.2, 0.25) is 11.7 Å². The predicted molar refractivity (Wildman–Crippen MR) is 132 cm³/mol. The lowest BCUT2D eigenvalue weighted by Crippen LogP contribution is -2.51. The molecular weight excluding hydrogens is 539 g/mol. The summed E-state index contributed by atoms with van der Waals surface area (Å²) in [6.07, 6.45) is 1.48. The number of rotatable bonds is 10. The molecule has 2 N–H and O–H groups in total. The van der Waals surface area contributed by atoms with Gasteiger partial charge in [-0.2, -0.15) is 0 Å². The van der Waals surface area contributed by atoms with Crippen molar-refractivity contribution in [2.75, 3.05) is 18.0 Å². The lowest BCUT2D eigenvalue weighted by molar-refractivity contribution is -0.140. The van der Waals surface area contributed by atoms with Crippen LogP contribution >= 0.6 is 11.3 Å². The molecule has 2 heterocycles. The fourth-order valence-electron chi connectivity index (χ4n) is 3.78. The van der Waals surface area contributed by atoms with Crippen molar-refractivity contribution in [2.45, 2.75) is 19.0 Å². The third-order valence-corrected chi connectivity index (χ3v) is 6.46. The Labute approximate surface area is 223 Å². The maximum Gasteiger partial charge on any atom is 0.332 e. The number of Topliss-reactive ketones (excluding diaryl/α,β-unsaturated/α-hetero) is 1. The van der Waals surface area contributed by atoms with Crippen LogP contribution in [-0.4, -0.2) is 58.6 Å². The maximum atomic E-state index is 13.6. The average Bonchev–Trinajstić information content (AvgIpc) is 3.54. The molecule has 0 saturated carbocycles. The summed E-state index contributed by atoms with van der Waals surface area (Å²) in [6, 6.07) is 7.22. The number of hydrogen-bond acceptors (Lipinski definition) is 7. The Balaban J connectivity index is 1.45. The molecule has 1 saturated heterocycles. The van der Waals surface area contributed by atoms with Crippen molar-refractivity contribution >= 4 is 46.6 Å². The molecule has 0 aliphatic carbocycles. The highest BCUT2D eigenvalue weighted by Gasteiger charge is 2.39. The highest BCUT2D eigenvalue weighted by atomic mass is 32.1. The Bertz CT molecular complexity index is 1400. The monoisotopic (exact) mass is 559 g/mol. The number of carbonyl (C=O) groups is 5. The van der Waals surface area contributed by atoms with E-state index in [1.807, 2.05) is 0 Å². The summed E-state index contributed by atoms with van der Waals surface area (Å²) in [7, 11) is 0. The van der Waals surface area contributed by atoms with E-state index >= 15 is 0 Å². The van der Waals surface area contributed by atoms with Gasteiger partial charge < -0.3 is 10.6 Å². The number of hydrogen-bond donors (Lipinski definition) is 2. The predicted octanol–water partition coefficient (Wildman–Crippen LogP) is 1.94. The topological polar surface area (TPSA) is 129 Å². The van der Waals surface area contributed by atoms with Gasteiger partial charge in [-0.05, 0) is 5.56 Å². The minimum Gasteiger partial charge on any atom is -0.344 e. The van der Waals surface area contributed by atoms with Gasteiger partial charge in [-0.15, -0.1) is 11.3 Å². The van der Waals surface area contributed by atoms with E-state index < -0.39 is 71.8 Å². The Morgan fingerprint density at radius 3 is 2.38 bits per heavy atom. The van der Waals surface area contributed by atoms with Gasteiger partial charge in [0.15, 0.2) is 17.5 Å². The molecule has 14 heteroatoms. The van der Waals surface area contributed by atoms with E-state index in [1.165, 1.54) is 17.5 Å². The van der Waals surface area contributed by atoms with Gasteiger partial charge in [-0.1, -0.05) is 30.3 Å². The second-order valence-corrected chi connectivity index (χ2v) is 9.33. The van der Waals surface area contributed by atoms with Crippen molar-refractivity contribution in [1.82, 2.24) is 20.5 Å². The zero-order valence-corrected chi connectivity index (χ0v) is 20.8. The molecule has 1 aliphatic heterocycles. The number of urea groups is 1. The van der Waals surface area contributed by atoms with E-state index in [4.69, 9.17) is 0 Å². The van der Waals surface area contributed by atoms with E-state index in [0.717, 1.165) is 0 Å². The van der Waals surface area contributed by atoms with E-state index in [9.17, 15) is 37.1 Å². The number of anilines is 1. The van der Waals surface area contributed by atoms with E-state index in [1.54, 1.807) is 35.7 Å². The fraction of sp³-hybridized carbons (Fsp3) is 0.200. The zero-order valence-electron chi connectivity index (χ0n) is 20.0. The average molecular weight is 560 g/mol. The molecule has 3 aromatic rings. The number of halogens is 3. The van der Waals surface area contributed by atoms with Crippen molar-refractivity contribution in [3.8, 4) is 0 Å². The summed E-state index contributed by atoms with van der Waals surface area (Å²) in [5.74, 6) is -8.58. The van der Waals surface area contributed by atoms with E-state index in [0.29, 0.717) is 32.5 Å². The van der Waals surface area contributed by atoms with E-state index in [2.05, 4.69) is 15.6 Å². The summed E-state index contributed by atoms with van der Waals surface area (Å²) in [4.78, 5) is 68.7. The Morgan fingerprint density at radius 1 is 1.05 bits per heavy atom. The highest BCUT2D eigenvalue weighted by Crippen LogP contribution is 2.25. The van der Waals surface area contributed by atoms with Crippen molar-refractivity contribution < 1.29 is 37.1 Å². The second-order valence-electron chi connectivity index (χ2n) is 8.35. The van der Waals surface area contributed by atoms with Gasteiger partial charge in [0.25, 0.3) is 11.8 Å². The maximum absolute atomic E-state index is 13.6. The lowest BCUT2D eigenvalue weighted by Gasteiger charge is -2.20. The molecule has 2 aromatic carbocycles.